The number of carbonyl (C=O) groups excluding carboxylic acids is 1. The minimum atomic E-state index is -0.200. The fourth-order valence-corrected chi connectivity index (χ4v) is 3.41. The van der Waals surface area contributed by atoms with Gasteiger partial charge in [0.05, 0.1) is 30.8 Å². The first-order chi connectivity index (χ1) is 14.1. The van der Waals surface area contributed by atoms with E-state index in [4.69, 9.17) is 14.5 Å². The Morgan fingerprint density at radius 2 is 1.93 bits per heavy atom. The van der Waals surface area contributed by atoms with Crippen LogP contribution in [0.5, 0.6) is 5.75 Å². The Bertz CT molecular complexity index is 991. The number of aryl methyl sites for hydroxylation is 2. The molecule has 3 aromatic rings. The number of carbonyl (C=O) groups is 1. The summed E-state index contributed by atoms with van der Waals surface area (Å²) in [5, 5.41) is 2.89. The topological polar surface area (TPSA) is 68.6 Å². The van der Waals surface area contributed by atoms with E-state index in [0.717, 1.165) is 55.3 Å². The molecular weight excluding hydrogens is 368 g/mol. The number of nitrogens with one attached hydrogen (secondary N) is 1. The third-order valence-electron chi connectivity index (χ3n) is 5.12. The predicted molar refractivity (Wildman–Crippen MR) is 112 cm³/mol. The minimum Gasteiger partial charge on any atom is -0.484 e. The van der Waals surface area contributed by atoms with Gasteiger partial charge >= 0.3 is 0 Å². The summed E-state index contributed by atoms with van der Waals surface area (Å²) >= 11 is 0. The number of ether oxygens (including phenoxy) is 2. The molecule has 152 valence electrons. The molecule has 4 rings (SSSR count). The summed E-state index contributed by atoms with van der Waals surface area (Å²) in [7, 11) is 2.03. The molecule has 2 heterocycles. The minimum absolute atomic E-state index is 0.0361. The molecule has 0 unspecified atom stereocenters. The van der Waals surface area contributed by atoms with Crippen molar-refractivity contribution >= 4 is 22.6 Å². The van der Waals surface area contributed by atoms with Gasteiger partial charge in [-0.15, -0.1) is 0 Å². The summed E-state index contributed by atoms with van der Waals surface area (Å²) in [6.45, 7) is 6.15. The number of nitrogens with zero attached hydrogens (tertiary/aromatic N) is 3. The Labute approximate surface area is 170 Å². The molecule has 1 aromatic heterocycles. The molecule has 0 atom stereocenters. The normalized spacial score (nSPS) is 14.8. The third kappa shape index (κ3) is 4.75. The standard InChI is InChI=1S/C22H26N4O3/c1-16-3-6-18(7-4-16)29-15-22(27)23-17-5-8-20-19(13-17)24-21(25(20)2)14-26-9-11-28-12-10-26/h3-8,13H,9-12,14-15H2,1-2H3,(H,23,27). The summed E-state index contributed by atoms with van der Waals surface area (Å²) in [6.07, 6.45) is 0. The van der Waals surface area contributed by atoms with Crippen LogP contribution in [0.1, 0.15) is 11.4 Å². The second-order valence-electron chi connectivity index (χ2n) is 7.33. The summed E-state index contributed by atoms with van der Waals surface area (Å²) in [4.78, 5) is 19.4. The molecule has 0 aliphatic carbocycles. The van der Waals surface area contributed by atoms with E-state index in [2.05, 4.69) is 14.8 Å². The Morgan fingerprint density at radius 3 is 2.69 bits per heavy atom. The maximum absolute atomic E-state index is 12.2. The molecule has 1 aliphatic rings. The number of hydrogen-bond donors (Lipinski definition) is 1. The molecular formula is C22H26N4O3. The van der Waals surface area contributed by atoms with Gasteiger partial charge in [0.1, 0.15) is 11.6 Å². The Morgan fingerprint density at radius 1 is 1.17 bits per heavy atom. The molecule has 0 radical (unpaired) electrons. The van der Waals surface area contributed by atoms with Crippen LogP contribution in [-0.4, -0.2) is 53.3 Å². The van der Waals surface area contributed by atoms with E-state index in [1.807, 2.05) is 56.4 Å². The lowest BCUT2D eigenvalue weighted by Crippen LogP contribution is -2.36. The zero-order valence-electron chi connectivity index (χ0n) is 16.9. The maximum Gasteiger partial charge on any atom is 0.262 e. The van der Waals surface area contributed by atoms with Crippen LogP contribution in [0.2, 0.25) is 0 Å². The first kappa shape index (κ1) is 19.4. The van der Waals surface area contributed by atoms with Gasteiger partial charge < -0.3 is 19.4 Å². The molecule has 1 saturated heterocycles. The summed E-state index contributed by atoms with van der Waals surface area (Å²) in [5.74, 6) is 1.49. The van der Waals surface area contributed by atoms with Gasteiger partial charge in [-0.3, -0.25) is 9.69 Å². The van der Waals surface area contributed by atoms with E-state index < -0.39 is 0 Å². The smallest absolute Gasteiger partial charge is 0.262 e. The lowest BCUT2D eigenvalue weighted by molar-refractivity contribution is -0.118. The van der Waals surface area contributed by atoms with Crippen molar-refractivity contribution in [2.24, 2.45) is 7.05 Å². The number of anilines is 1. The van der Waals surface area contributed by atoms with Gasteiger partial charge in [0, 0.05) is 25.8 Å². The average molecular weight is 394 g/mol. The molecule has 1 amide bonds. The monoisotopic (exact) mass is 394 g/mol. The molecule has 0 bridgehead atoms. The van der Waals surface area contributed by atoms with E-state index in [1.165, 1.54) is 0 Å². The fourth-order valence-electron chi connectivity index (χ4n) is 3.41. The number of benzene rings is 2. The molecule has 1 fully saturated rings. The summed E-state index contributed by atoms with van der Waals surface area (Å²) < 4.78 is 13.1. The van der Waals surface area contributed by atoms with Gasteiger partial charge in [-0.1, -0.05) is 17.7 Å². The molecule has 1 aliphatic heterocycles. The van der Waals surface area contributed by atoms with Crippen LogP contribution in [0.15, 0.2) is 42.5 Å². The second-order valence-corrected chi connectivity index (χ2v) is 7.33. The van der Waals surface area contributed by atoms with Crippen molar-refractivity contribution in [2.45, 2.75) is 13.5 Å². The lowest BCUT2D eigenvalue weighted by atomic mass is 10.2. The van der Waals surface area contributed by atoms with Crippen molar-refractivity contribution in [3.05, 3.63) is 53.9 Å². The number of rotatable bonds is 6. The van der Waals surface area contributed by atoms with Gasteiger partial charge in [-0.05, 0) is 37.3 Å². The number of fused-ring (bicyclic) bond motifs is 1. The molecule has 7 nitrogen and oxygen atoms in total. The Hall–Kier alpha value is -2.90. The molecule has 0 saturated carbocycles. The van der Waals surface area contributed by atoms with Crippen LogP contribution in [-0.2, 0) is 23.1 Å². The largest absolute Gasteiger partial charge is 0.484 e. The molecule has 2 aromatic carbocycles. The average Bonchev–Trinajstić information content (AvgIpc) is 3.03. The van der Waals surface area contributed by atoms with Crippen LogP contribution in [0, 0.1) is 6.92 Å². The highest BCUT2D eigenvalue weighted by Gasteiger charge is 2.15. The fraction of sp³-hybridized carbons (Fsp3) is 0.364. The molecule has 29 heavy (non-hydrogen) atoms. The SMILES string of the molecule is Cc1ccc(OCC(=O)Nc2ccc3c(c2)nc(CN2CCOCC2)n3C)cc1. The number of morpholine rings is 1. The lowest BCUT2D eigenvalue weighted by Gasteiger charge is -2.26. The maximum atomic E-state index is 12.2. The highest BCUT2D eigenvalue weighted by Crippen LogP contribution is 2.21. The van der Waals surface area contributed by atoms with Gasteiger partial charge in [0.2, 0.25) is 0 Å². The number of imidazole rings is 1. The van der Waals surface area contributed by atoms with Crippen LogP contribution in [0.3, 0.4) is 0 Å². The van der Waals surface area contributed by atoms with Gasteiger partial charge in [0.15, 0.2) is 6.61 Å². The van der Waals surface area contributed by atoms with Crippen molar-refractivity contribution in [3.8, 4) is 5.75 Å². The van der Waals surface area contributed by atoms with E-state index >= 15 is 0 Å². The molecule has 1 N–H and O–H groups in total. The van der Waals surface area contributed by atoms with E-state index in [9.17, 15) is 4.79 Å². The van der Waals surface area contributed by atoms with Gasteiger partial charge in [-0.25, -0.2) is 4.98 Å². The number of aromatic nitrogens is 2. The van der Waals surface area contributed by atoms with E-state index in [1.54, 1.807) is 0 Å². The Kier molecular flexibility index (Phi) is 5.78. The third-order valence-corrected chi connectivity index (χ3v) is 5.12. The van der Waals surface area contributed by atoms with Crippen molar-refractivity contribution in [3.63, 3.8) is 0 Å². The van der Waals surface area contributed by atoms with Crippen molar-refractivity contribution in [1.29, 1.82) is 0 Å². The number of amides is 1. The van der Waals surface area contributed by atoms with E-state index in [0.29, 0.717) is 11.4 Å². The number of hydrogen-bond acceptors (Lipinski definition) is 5. The van der Waals surface area contributed by atoms with Gasteiger partial charge in [0.25, 0.3) is 5.91 Å². The summed E-state index contributed by atoms with van der Waals surface area (Å²) in [5.41, 5.74) is 3.78. The molecule has 7 heteroatoms. The predicted octanol–water partition coefficient (Wildman–Crippen LogP) is 2.73. The zero-order valence-corrected chi connectivity index (χ0v) is 16.9. The van der Waals surface area contributed by atoms with E-state index in [-0.39, 0.29) is 12.5 Å². The first-order valence-electron chi connectivity index (χ1n) is 9.83. The highest BCUT2D eigenvalue weighted by molar-refractivity contribution is 5.94. The van der Waals surface area contributed by atoms with Crippen molar-refractivity contribution < 1.29 is 14.3 Å². The van der Waals surface area contributed by atoms with Crippen LogP contribution < -0.4 is 10.1 Å². The van der Waals surface area contributed by atoms with Crippen LogP contribution >= 0.6 is 0 Å². The highest BCUT2D eigenvalue weighted by atomic mass is 16.5. The quantitative estimate of drug-likeness (QED) is 0.696. The zero-order chi connectivity index (χ0) is 20.2. The van der Waals surface area contributed by atoms with Crippen molar-refractivity contribution in [1.82, 2.24) is 14.5 Å². The van der Waals surface area contributed by atoms with Crippen LogP contribution in [0.25, 0.3) is 11.0 Å². The molecule has 0 spiro atoms. The summed E-state index contributed by atoms with van der Waals surface area (Å²) in [6, 6.07) is 13.4. The first-order valence-corrected chi connectivity index (χ1v) is 9.83. The second kappa shape index (κ2) is 8.63. The van der Waals surface area contributed by atoms with Gasteiger partial charge in [-0.2, -0.15) is 0 Å². The van der Waals surface area contributed by atoms with Crippen LogP contribution in [0.4, 0.5) is 5.69 Å². The Balaban J connectivity index is 1.40. The van der Waals surface area contributed by atoms with Crippen molar-refractivity contribution in [2.75, 3.05) is 38.2 Å².